The SMILES string of the molecule is C[C@H]1c2nc(-c3cccc(-c4ccc5c(n4)[C@H](C)[C@H]4C[C@@H]5C4(C)C)n3)ccc2[C@@H]2C[C@H]1C2(C)C. The lowest BCUT2D eigenvalue weighted by Gasteiger charge is -2.59. The summed E-state index contributed by atoms with van der Waals surface area (Å²) >= 11 is 0. The van der Waals surface area contributed by atoms with E-state index >= 15 is 0 Å². The molecule has 0 unspecified atom stereocenters. The molecule has 3 heteroatoms. The summed E-state index contributed by atoms with van der Waals surface area (Å²) in [4.78, 5) is 15.4. The quantitative estimate of drug-likeness (QED) is 0.402. The number of pyridine rings is 3. The lowest BCUT2D eigenvalue weighted by molar-refractivity contribution is -0.00275. The maximum atomic E-state index is 5.18. The average Bonchev–Trinajstić information content (AvgIpc) is 2.83. The number of aromatic nitrogens is 3. The van der Waals surface area contributed by atoms with E-state index in [0.717, 1.165) is 34.6 Å². The predicted molar refractivity (Wildman–Crippen MR) is 137 cm³/mol. The van der Waals surface area contributed by atoms with Gasteiger partial charge in [0.1, 0.15) is 0 Å². The van der Waals surface area contributed by atoms with Gasteiger partial charge in [0.25, 0.3) is 0 Å². The van der Waals surface area contributed by atoms with Gasteiger partial charge in [-0.15, -0.1) is 0 Å². The molecule has 0 amide bonds. The van der Waals surface area contributed by atoms with Crippen LogP contribution in [0.1, 0.15) is 101 Å². The second-order valence-corrected chi connectivity index (χ2v) is 12.8. The van der Waals surface area contributed by atoms with E-state index in [-0.39, 0.29) is 0 Å². The topological polar surface area (TPSA) is 38.7 Å². The third-order valence-electron chi connectivity index (χ3n) is 10.7. The zero-order valence-corrected chi connectivity index (χ0v) is 21.3. The van der Waals surface area contributed by atoms with E-state index in [1.807, 2.05) is 0 Å². The fourth-order valence-corrected chi connectivity index (χ4v) is 8.35. The van der Waals surface area contributed by atoms with Crippen LogP contribution in [-0.2, 0) is 0 Å². The lowest BCUT2D eigenvalue weighted by Crippen LogP contribution is -2.50. The van der Waals surface area contributed by atoms with E-state index in [1.165, 1.54) is 35.4 Å². The van der Waals surface area contributed by atoms with E-state index in [4.69, 9.17) is 15.0 Å². The minimum Gasteiger partial charge on any atom is -0.251 e. The molecular weight excluding hydrogens is 414 g/mol. The molecule has 9 rings (SSSR count). The van der Waals surface area contributed by atoms with Gasteiger partial charge in [0.2, 0.25) is 0 Å². The van der Waals surface area contributed by atoms with Gasteiger partial charge in [0.15, 0.2) is 0 Å². The average molecular weight is 450 g/mol. The molecule has 3 aromatic rings. The summed E-state index contributed by atoms with van der Waals surface area (Å²) in [7, 11) is 0. The van der Waals surface area contributed by atoms with Gasteiger partial charge in [0.05, 0.1) is 22.8 Å². The molecule has 3 nitrogen and oxygen atoms in total. The largest absolute Gasteiger partial charge is 0.251 e. The zero-order chi connectivity index (χ0) is 23.6. The van der Waals surface area contributed by atoms with Gasteiger partial charge in [0, 0.05) is 23.2 Å². The standard InChI is InChI=1S/C31H35N3/c1-16-20-14-22(30(20,3)4)18-10-12-26(33-28(16)18)24-8-7-9-25(32-24)27-13-11-19-23-15-21(31(23,5)6)17(2)29(19)34-27/h7-13,16-17,20-23H,14-15H2,1-6H3/t16-,17-,20-,21-,22+,23+/m1/s1. The monoisotopic (exact) mass is 449 g/mol. The fourth-order valence-electron chi connectivity index (χ4n) is 8.35. The van der Waals surface area contributed by atoms with Gasteiger partial charge >= 0.3 is 0 Å². The maximum absolute atomic E-state index is 5.18. The van der Waals surface area contributed by atoms with Crippen molar-refractivity contribution in [3.05, 3.63) is 65.0 Å². The van der Waals surface area contributed by atoms with Gasteiger partial charge in [-0.3, -0.25) is 9.97 Å². The molecule has 0 aliphatic heterocycles. The molecule has 34 heavy (non-hydrogen) atoms. The molecule has 2 fully saturated rings. The van der Waals surface area contributed by atoms with Crippen molar-refractivity contribution in [1.29, 1.82) is 0 Å². The first kappa shape index (κ1) is 20.8. The third kappa shape index (κ3) is 2.51. The highest BCUT2D eigenvalue weighted by atomic mass is 14.9. The van der Waals surface area contributed by atoms with Crippen molar-refractivity contribution in [2.24, 2.45) is 22.7 Å². The summed E-state index contributed by atoms with van der Waals surface area (Å²) in [6, 6.07) is 15.3. The van der Waals surface area contributed by atoms with E-state index in [0.29, 0.717) is 34.5 Å². The number of nitrogens with zero attached hydrogens (tertiary/aromatic N) is 3. The van der Waals surface area contributed by atoms with Gasteiger partial charge in [-0.2, -0.15) is 0 Å². The molecule has 6 aliphatic rings. The normalized spacial score (nSPS) is 33.2. The lowest BCUT2D eigenvalue weighted by atomic mass is 9.45. The van der Waals surface area contributed by atoms with Crippen molar-refractivity contribution in [3.63, 3.8) is 0 Å². The van der Waals surface area contributed by atoms with Crippen molar-refractivity contribution in [3.8, 4) is 22.8 Å². The Hall–Kier alpha value is -2.55. The molecule has 3 heterocycles. The smallest absolute Gasteiger partial charge is 0.0894 e. The van der Waals surface area contributed by atoms with Crippen LogP contribution < -0.4 is 0 Å². The Morgan fingerprint density at radius 2 is 1.00 bits per heavy atom. The van der Waals surface area contributed by atoms with Crippen molar-refractivity contribution in [2.45, 2.75) is 78.1 Å². The van der Waals surface area contributed by atoms with Crippen LogP contribution in [0.25, 0.3) is 22.8 Å². The predicted octanol–water partition coefficient (Wildman–Crippen LogP) is 7.70. The Morgan fingerprint density at radius 3 is 1.41 bits per heavy atom. The molecule has 0 aromatic carbocycles. The van der Waals surface area contributed by atoms with Crippen molar-refractivity contribution in [1.82, 2.24) is 15.0 Å². The van der Waals surface area contributed by atoms with Gasteiger partial charge < -0.3 is 0 Å². The summed E-state index contributed by atoms with van der Waals surface area (Å²) < 4.78 is 0. The van der Waals surface area contributed by atoms with Crippen molar-refractivity contribution < 1.29 is 0 Å². The highest BCUT2D eigenvalue weighted by Gasteiger charge is 2.57. The molecule has 2 saturated carbocycles. The first-order valence-corrected chi connectivity index (χ1v) is 13.2. The Kier molecular flexibility index (Phi) is 4.01. The highest BCUT2D eigenvalue weighted by molar-refractivity contribution is 5.63. The first-order valence-electron chi connectivity index (χ1n) is 13.2. The molecule has 6 aliphatic carbocycles. The minimum absolute atomic E-state index is 0.402. The third-order valence-corrected chi connectivity index (χ3v) is 10.7. The number of rotatable bonds is 2. The zero-order valence-electron chi connectivity index (χ0n) is 21.3. The summed E-state index contributed by atoms with van der Waals surface area (Å²) in [5, 5.41) is 0. The van der Waals surface area contributed by atoms with Crippen LogP contribution in [0.4, 0.5) is 0 Å². The summed E-state index contributed by atoms with van der Waals surface area (Å²) in [6.07, 6.45) is 2.63. The molecule has 174 valence electrons. The summed E-state index contributed by atoms with van der Waals surface area (Å²) in [5.74, 6) is 3.81. The van der Waals surface area contributed by atoms with Crippen LogP contribution >= 0.6 is 0 Å². The Bertz CT molecular complexity index is 1240. The molecule has 6 atom stereocenters. The Labute approximate surface area is 203 Å². The van der Waals surface area contributed by atoms with E-state index < -0.39 is 0 Å². The van der Waals surface area contributed by atoms with E-state index in [2.05, 4.69) is 84.0 Å². The Morgan fingerprint density at radius 1 is 0.588 bits per heavy atom. The number of hydrogen-bond donors (Lipinski definition) is 0. The molecule has 0 radical (unpaired) electrons. The van der Waals surface area contributed by atoms with Gasteiger partial charge in [-0.05, 0) is 82.7 Å². The fraction of sp³-hybridized carbons (Fsp3) is 0.516. The molecule has 0 N–H and O–H groups in total. The maximum Gasteiger partial charge on any atom is 0.0894 e. The van der Waals surface area contributed by atoms with Crippen LogP contribution in [0.3, 0.4) is 0 Å². The molecule has 0 saturated heterocycles. The van der Waals surface area contributed by atoms with Crippen LogP contribution in [0.15, 0.2) is 42.5 Å². The van der Waals surface area contributed by atoms with E-state index in [9.17, 15) is 0 Å². The number of hydrogen-bond acceptors (Lipinski definition) is 3. The molecule has 3 aromatic heterocycles. The van der Waals surface area contributed by atoms with Gasteiger partial charge in [-0.25, -0.2) is 4.98 Å². The summed E-state index contributed by atoms with van der Waals surface area (Å²) in [5.41, 5.74) is 10.2. The first-order chi connectivity index (χ1) is 16.2. The van der Waals surface area contributed by atoms with Crippen LogP contribution in [0.5, 0.6) is 0 Å². The Balaban J connectivity index is 1.25. The second kappa shape index (κ2) is 6.56. The highest BCUT2D eigenvalue weighted by Crippen LogP contribution is 2.67. The van der Waals surface area contributed by atoms with Gasteiger partial charge in [-0.1, -0.05) is 59.7 Å². The molecule has 4 bridgehead atoms. The van der Waals surface area contributed by atoms with Crippen LogP contribution in [-0.4, -0.2) is 15.0 Å². The van der Waals surface area contributed by atoms with Crippen molar-refractivity contribution in [2.75, 3.05) is 0 Å². The molecular formula is C31H35N3. The van der Waals surface area contributed by atoms with Crippen LogP contribution in [0.2, 0.25) is 0 Å². The van der Waals surface area contributed by atoms with E-state index in [1.54, 1.807) is 0 Å². The summed E-state index contributed by atoms with van der Waals surface area (Å²) in [6.45, 7) is 14.5. The second-order valence-electron chi connectivity index (χ2n) is 12.8. The molecule has 0 spiro atoms. The van der Waals surface area contributed by atoms with Crippen LogP contribution in [0, 0.1) is 22.7 Å². The van der Waals surface area contributed by atoms with Crippen molar-refractivity contribution >= 4 is 0 Å². The minimum atomic E-state index is 0.402.